The predicted molar refractivity (Wildman–Crippen MR) is 62.6 cm³/mol. The fourth-order valence-corrected chi connectivity index (χ4v) is 2.21. The molecule has 19 heavy (non-hydrogen) atoms. The number of pyridine rings is 1. The number of nitrogens with one attached hydrogen (secondary N) is 1. The summed E-state index contributed by atoms with van der Waals surface area (Å²) in [5.74, 6) is -0.141. The van der Waals surface area contributed by atoms with E-state index in [1.807, 2.05) is 0 Å². The van der Waals surface area contributed by atoms with Crippen molar-refractivity contribution in [3.8, 4) is 5.75 Å². The van der Waals surface area contributed by atoms with Crippen LogP contribution in [0.1, 0.15) is 0 Å². The van der Waals surface area contributed by atoms with E-state index in [0.29, 0.717) is 11.6 Å². The topological polar surface area (TPSA) is 86.8 Å². The van der Waals surface area contributed by atoms with Crippen LogP contribution in [0.2, 0.25) is 0 Å². The van der Waals surface area contributed by atoms with Gasteiger partial charge in [0.1, 0.15) is 0 Å². The van der Waals surface area contributed by atoms with Gasteiger partial charge in [-0.1, -0.05) is 0 Å². The minimum atomic E-state index is -1.08. The second-order valence-corrected chi connectivity index (χ2v) is 4.48. The van der Waals surface area contributed by atoms with Gasteiger partial charge in [-0.15, -0.1) is 0 Å². The van der Waals surface area contributed by atoms with Gasteiger partial charge in [0.15, 0.2) is 23.1 Å². The minimum Gasteiger partial charge on any atom is -0.475 e. The van der Waals surface area contributed by atoms with E-state index in [9.17, 15) is 9.59 Å². The molecular formula is C12H12N2O5. The van der Waals surface area contributed by atoms with Gasteiger partial charge in [-0.25, -0.2) is 4.98 Å². The van der Waals surface area contributed by atoms with Crippen molar-refractivity contribution in [1.29, 1.82) is 0 Å². The fourth-order valence-electron chi connectivity index (χ4n) is 2.21. The number of carbonyl (C=O) groups excluding carboxylic acids is 2. The van der Waals surface area contributed by atoms with Crippen molar-refractivity contribution in [3.63, 3.8) is 0 Å². The molecule has 1 amide bonds. The molecule has 100 valence electrons. The number of ether oxygens (including phenoxy) is 3. The second-order valence-electron chi connectivity index (χ2n) is 4.48. The van der Waals surface area contributed by atoms with Crippen LogP contribution in [-0.4, -0.2) is 43.3 Å². The Balaban J connectivity index is 1.94. The number of fused-ring (bicyclic) bond motifs is 1. The molecule has 1 aromatic rings. The molecule has 2 aliphatic rings. The van der Waals surface area contributed by atoms with Gasteiger partial charge in [-0.3, -0.25) is 9.59 Å². The first-order valence-electron chi connectivity index (χ1n) is 5.76. The molecule has 0 saturated carbocycles. The third-order valence-electron chi connectivity index (χ3n) is 3.31. The van der Waals surface area contributed by atoms with Gasteiger partial charge in [0, 0.05) is 6.20 Å². The Morgan fingerprint density at radius 3 is 3.00 bits per heavy atom. The second kappa shape index (κ2) is 4.20. The Hall–Kier alpha value is -2.15. The van der Waals surface area contributed by atoms with Crippen LogP contribution < -0.4 is 10.1 Å². The van der Waals surface area contributed by atoms with Crippen molar-refractivity contribution in [3.05, 3.63) is 18.3 Å². The lowest BCUT2D eigenvalue weighted by Crippen LogP contribution is -2.63. The summed E-state index contributed by atoms with van der Waals surface area (Å²) in [7, 11) is 1.28. The molecule has 0 aromatic carbocycles. The first kappa shape index (κ1) is 11.9. The van der Waals surface area contributed by atoms with Gasteiger partial charge >= 0.3 is 5.97 Å². The largest absolute Gasteiger partial charge is 0.475 e. The van der Waals surface area contributed by atoms with Crippen molar-refractivity contribution >= 4 is 17.7 Å². The van der Waals surface area contributed by atoms with E-state index in [-0.39, 0.29) is 13.2 Å². The zero-order chi connectivity index (χ0) is 13.5. The van der Waals surface area contributed by atoms with Crippen molar-refractivity contribution in [2.75, 3.05) is 25.6 Å². The van der Waals surface area contributed by atoms with Crippen LogP contribution in [-0.2, 0) is 19.1 Å². The zero-order valence-corrected chi connectivity index (χ0v) is 10.2. The van der Waals surface area contributed by atoms with E-state index in [1.54, 1.807) is 18.3 Å². The molecule has 1 unspecified atom stereocenters. The molecule has 0 aliphatic carbocycles. The van der Waals surface area contributed by atoms with Gasteiger partial charge in [0.05, 0.1) is 20.3 Å². The monoisotopic (exact) mass is 264 g/mol. The van der Waals surface area contributed by atoms with Gasteiger partial charge in [-0.2, -0.15) is 0 Å². The molecule has 7 nitrogen and oxygen atoms in total. The van der Waals surface area contributed by atoms with Crippen LogP contribution in [0, 0.1) is 5.41 Å². The van der Waals surface area contributed by atoms with Gasteiger partial charge < -0.3 is 19.5 Å². The van der Waals surface area contributed by atoms with Crippen LogP contribution in [0.25, 0.3) is 0 Å². The quantitative estimate of drug-likeness (QED) is 0.755. The average Bonchev–Trinajstić information content (AvgIpc) is 2.37. The molecule has 0 bridgehead atoms. The number of anilines is 1. The van der Waals surface area contributed by atoms with E-state index >= 15 is 0 Å². The number of hydrogen-bond donors (Lipinski definition) is 1. The SMILES string of the molecule is COC(=O)C1(C2Oc3cccnc3NC2=O)COC1. The van der Waals surface area contributed by atoms with E-state index in [2.05, 4.69) is 10.3 Å². The summed E-state index contributed by atoms with van der Waals surface area (Å²) in [5.41, 5.74) is -1.08. The summed E-state index contributed by atoms with van der Waals surface area (Å²) in [6, 6.07) is 3.37. The summed E-state index contributed by atoms with van der Waals surface area (Å²) in [6.45, 7) is 0.209. The third kappa shape index (κ3) is 1.66. The van der Waals surface area contributed by atoms with Crippen molar-refractivity contribution < 1.29 is 23.8 Å². The predicted octanol–water partition coefficient (Wildman–Crippen LogP) is -0.0293. The average molecular weight is 264 g/mol. The number of esters is 1. The summed E-state index contributed by atoms with van der Waals surface area (Å²) >= 11 is 0. The highest BCUT2D eigenvalue weighted by Crippen LogP contribution is 2.39. The summed E-state index contributed by atoms with van der Waals surface area (Å²) in [4.78, 5) is 28.0. The molecule has 1 atom stereocenters. The lowest BCUT2D eigenvalue weighted by Gasteiger charge is -2.44. The lowest BCUT2D eigenvalue weighted by atomic mass is 9.79. The highest BCUT2D eigenvalue weighted by atomic mass is 16.6. The summed E-state index contributed by atoms with van der Waals surface area (Å²) in [6.07, 6.45) is 0.580. The normalized spacial score (nSPS) is 23.4. The molecular weight excluding hydrogens is 252 g/mol. The molecule has 7 heteroatoms. The maximum absolute atomic E-state index is 12.1. The molecule has 1 N–H and O–H groups in total. The first-order valence-corrected chi connectivity index (χ1v) is 5.76. The van der Waals surface area contributed by atoms with Crippen LogP contribution in [0.15, 0.2) is 18.3 Å². The fraction of sp³-hybridized carbons (Fsp3) is 0.417. The maximum Gasteiger partial charge on any atom is 0.320 e. The summed E-state index contributed by atoms with van der Waals surface area (Å²) < 4.78 is 15.4. The molecule has 1 aromatic heterocycles. The molecule has 1 fully saturated rings. The Labute approximate surface area is 108 Å². The molecule has 2 aliphatic heterocycles. The Kier molecular flexibility index (Phi) is 2.63. The minimum absolute atomic E-state index is 0.105. The smallest absolute Gasteiger partial charge is 0.320 e. The third-order valence-corrected chi connectivity index (χ3v) is 3.31. The van der Waals surface area contributed by atoms with E-state index in [1.165, 1.54) is 7.11 Å². The summed E-state index contributed by atoms with van der Waals surface area (Å²) in [5, 5.41) is 2.62. The number of hydrogen-bond acceptors (Lipinski definition) is 6. The first-order chi connectivity index (χ1) is 9.17. The van der Waals surface area contributed by atoms with E-state index < -0.39 is 23.4 Å². The highest BCUT2D eigenvalue weighted by molar-refractivity contribution is 6.00. The zero-order valence-electron chi connectivity index (χ0n) is 10.2. The van der Waals surface area contributed by atoms with Gasteiger partial charge in [-0.05, 0) is 12.1 Å². The van der Waals surface area contributed by atoms with Crippen molar-refractivity contribution in [2.24, 2.45) is 5.41 Å². The number of amides is 1. The number of carbonyl (C=O) groups is 2. The standard InChI is InChI=1S/C12H12N2O5/c1-17-11(16)12(5-18-6-12)8-10(15)14-9-7(19-8)3-2-4-13-9/h2-4,8H,5-6H2,1H3,(H,13,14,15). The highest BCUT2D eigenvalue weighted by Gasteiger charge is 2.59. The lowest BCUT2D eigenvalue weighted by molar-refractivity contribution is -0.203. The number of rotatable bonds is 2. The van der Waals surface area contributed by atoms with Crippen LogP contribution in [0.5, 0.6) is 5.75 Å². The number of nitrogens with zero attached hydrogens (tertiary/aromatic N) is 1. The number of aromatic nitrogens is 1. The van der Waals surface area contributed by atoms with Crippen LogP contribution in [0.3, 0.4) is 0 Å². The van der Waals surface area contributed by atoms with Gasteiger partial charge in [0.25, 0.3) is 5.91 Å². The van der Waals surface area contributed by atoms with Gasteiger partial charge in [0.2, 0.25) is 0 Å². The van der Waals surface area contributed by atoms with Crippen LogP contribution in [0.4, 0.5) is 5.82 Å². The number of methoxy groups -OCH3 is 1. The Bertz CT molecular complexity index is 541. The molecule has 3 rings (SSSR count). The maximum atomic E-state index is 12.1. The Morgan fingerprint density at radius 2 is 2.37 bits per heavy atom. The van der Waals surface area contributed by atoms with Crippen molar-refractivity contribution in [2.45, 2.75) is 6.10 Å². The molecule has 0 spiro atoms. The van der Waals surface area contributed by atoms with E-state index in [4.69, 9.17) is 14.2 Å². The van der Waals surface area contributed by atoms with E-state index in [0.717, 1.165) is 0 Å². The molecule has 0 radical (unpaired) electrons. The molecule has 1 saturated heterocycles. The Morgan fingerprint density at radius 1 is 1.58 bits per heavy atom. The van der Waals surface area contributed by atoms with Crippen LogP contribution >= 0.6 is 0 Å². The van der Waals surface area contributed by atoms with Crippen molar-refractivity contribution in [1.82, 2.24) is 4.98 Å². The molecule has 3 heterocycles.